The van der Waals surface area contributed by atoms with E-state index < -0.39 is 23.5 Å². The fourth-order valence-corrected chi connectivity index (χ4v) is 2.82. The van der Waals surface area contributed by atoms with Gasteiger partial charge in [0.25, 0.3) is 0 Å². The van der Waals surface area contributed by atoms with Crippen molar-refractivity contribution in [3.63, 3.8) is 0 Å². The van der Waals surface area contributed by atoms with E-state index in [9.17, 15) is 18.3 Å². The van der Waals surface area contributed by atoms with E-state index in [0.717, 1.165) is 25.3 Å². The molecule has 3 atom stereocenters. The van der Waals surface area contributed by atoms with Gasteiger partial charge < -0.3 is 16.2 Å². The van der Waals surface area contributed by atoms with Crippen LogP contribution in [0, 0.1) is 23.4 Å². The largest absolute Gasteiger partial charge is 0.396 e. The van der Waals surface area contributed by atoms with Gasteiger partial charge >= 0.3 is 0 Å². The molecule has 0 spiro atoms. The first-order valence-corrected chi connectivity index (χ1v) is 6.78. The molecule has 0 bridgehead atoms. The molecule has 1 fully saturated rings. The van der Waals surface area contributed by atoms with E-state index in [1.54, 1.807) is 0 Å². The molecule has 1 aromatic rings. The Kier molecular flexibility index (Phi) is 5.01. The molecule has 2 rings (SSSR count). The molecular formula is C14H19F3N2O. The van der Waals surface area contributed by atoms with E-state index in [0.29, 0.717) is 6.07 Å². The summed E-state index contributed by atoms with van der Waals surface area (Å²) in [5.41, 5.74) is 5.64. The van der Waals surface area contributed by atoms with Gasteiger partial charge in [-0.1, -0.05) is 6.42 Å². The van der Waals surface area contributed by atoms with E-state index >= 15 is 0 Å². The number of halogens is 3. The van der Waals surface area contributed by atoms with Gasteiger partial charge in [-0.2, -0.15) is 0 Å². The predicted octanol–water partition coefficient (Wildman–Crippen LogP) is 1.85. The quantitative estimate of drug-likeness (QED) is 0.725. The lowest BCUT2D eigenvalue weighted by Gasteiger charge is -2.26. The summed E-state index contributed by atoms with van der Waals surface area (Å²) in [4.78, 5) is 0. The van der Waals surface area contributed by atoms with Crippen LogP contribution in [0.25, 0.3) is 0 Å². The molecule has 1 aliphatic carbocycles. The van der Waals surface area contributed by atoms with Crippen LogP contribution in [0.1, 0.15) is 30.9 Å². The van der Waals surface area contributed by atoms with Crippen LogP contribution in [-0.4, -0.2) is 24.3 Å². The SMILES string of the molecule is NCC(NC1CCCC1CO)c1cc(F)c(F)cc1F. The van der Waals surface area contributed by atoms with Crippen molar-refractivity contribution >= 4 is 0 Å². The predicted molar refractivity (Wildman–Crippen MR) is 69.5 cm³/mol. The van der Waals surface area contributed by atoms with Gasteiger partial charge in [-0.05, 0) is 24.8 Å². The maximum absolute atomic E-state index is 13.8. The van der Waals surface area contributed by atoms with E-state index in [1.807, 2.05) is 0 Å². The minimum Gasteiger partial charge on any atom is -0.396 e. The monoisotopic (exact) mass is 288 g/mol. The summed E-state index contributed by atoms with van der Waals surface area (Å²) in [6.45, 7) is 0.117. The van der Waals surface area contributed by atoms with Crippen LogP contribution in [0.3, 0.4) is 0 Å². The first-order valence-electron chi connectivity index (χ1n) is 6.78. The Morgan fingerprint density at radius 3 is 2.55 bits per heavy atom. The highest BCUT2D eigenvalue weighted by atomic mass is 19.2. The lowest BCUT2D eigenvalue weighted by atomic mass is 10.0. The van der Waals surface area contributed by atoms with Crippen LogP contribution in [0.2, 0.25) is 0 Å². The summed E-state index contributed by atoms with van der Waals surface area (Å²) in [5, 5.41) is 12.4. The van der Waals surface area contributed by atoms with Crippen molar-refractivity contribution in [3.8, 4) is 0 Å². The molecule has 0 saturated heterocycles. The Labute approximate surface area is 116 Å². The van der Waals surface area contributed by atoms with Crippen molar-refractivity contribution in [2.24, 2.45) is 11.7 Å². The molecule has 0 radical (unpaired) electrons. The van der Waals surface area contributed by atoms with Crippen molar-refractivity contribution in [1.82, 2.24) is 5.32 Å². The van der Waals surface area contributed by atoms with Crippen molar-refractivity contribution < 1.29 is 18.3 Å². The molecule has 20 heavy (non-hydrogen) atoms. The topological polar surface area (TPSA) is 58.3 Å². The lowest BCUT2D eigenvalue weighted by Crippen LogP contribution is -2.40. The third-order valence-electron chi connectivity index (χ3n) is 3.96. The minimum absolute atomic E-state index is 0.0149. The molecule has 1 aromatic carbocycles. The highest BCUT2D eigenvalue weighted by Crippen LogP contribution is 2.28. The molecule has 0 aromatic heterocycles. The zero-order chi connectivity index (χ0) is 14.7. The molecular weight excluding hydrogens is 269 g/mol. The van der Waals surface area contributed by atoms with Crippen molar-refractivity contribution in [3.05, 3.63) is 35.1 Å². The second kappa shape index (κ2) is 6.56. The van der Waals surface area contributed by atoms with Crippen LogP contribution in [-0.2, 0) is 0 Å². The molecule has 3 nitrogen and oxygen atoms in total. The van der Waals surface area contributed by atoms with Gasteiger partial charge in [-0.3, -0.25) is 0 Å². The van der Waals surface area contributed by atoms with Crippen molar-refractivity contribution in [2.45, 2.75) is 31.3 Å². The molecule has 0 amide bonds. The number of aliphatic hydroxyl groups is 1. The summed E-state index contributed by atoms with van der Waals surface area (Å²) in [6, 6.07) is 0.800. The van der Waals surface area contributed by atoms with Gasteiger partial charge in [0, 0.05) is 36.9 Å². The average molecular weight is 288 g/mol. The van der Waals surface area contributed by atoms with Gasteiger partial charge in [0.15, 0.2) is 11.6 Å². The summed E-state index contributed by atoms with van der Waals surface area (Å²) in [6.07, 6.45) is 2.72. The normalized spacial score (nSPS) is 24.1. The zero-order valence-corrected chi connectivity index (χ0v) is 11.1. The molecule has 0 aliphatic heterocycles. The number of hydrogen-bond acceptors (Lipinski definition) is 3. The number of benzene rings is 1. The Hall–Kier alpha value is -1.11. The zero-order valence-electron chi connectivity index (χ0n) is 11.1. The summed E-state index contributed by atoms with van der Waals surface area (Å²) >= 11 is 0. The maximum Gasteiger partial charge on any atom is 0.161 e. The summed E-state index contributed by atoms with van der Waals surface area (Å²) in [7, 11) is 0. The minimum atomic E-state index is -1.21. The van der Waals surface area contributed by atoms with E-state index in [-0.39, 0.29) is 30.7 Å². The first-order chi connectivity index (χ1) is 9.56. The standard InChI is InChI=1S/C14H19F3N2O/c15-10-5-12(17)11(16)4-9(10)14(6-18)19-13-3-1-2-8(13)7-20/h4-5,8,13-14,19-20H,1-3,6-7,18H2. The van der Waals surface area contributed by atoms with Gasteiger partial charge in [0.05, 0.1) is 0 Å². The highest BCUT2D eigenvalue weighted by Gasteiger charge is 2.29. The van der Waals surface area contributed by atoms with Gasteiger partial charge in [0.2, 0.25) is 0 Å². The Bertz CT molecular complexity index is 470. The molecule has 0 heterocycles. The van der Waals surface area contributed by atoms with E-state index in [4.69, 9.17) is 5.73 Å². The number of hydrogen-bond donors (Lipinski definition) is 3. The Morgan fingerprint density at radius 1 is 1.20 bits per heavy atom. The number of aliphatic hydroxyl groups excluding tert-OH is 1. The van der Waals surface area contributed by atoms with Crippen LogP contribution in [0.4, 0.5) is 13.2 Å². The van der Waals surface area contributed by atoms with Crippen LogP contribution in [0.5, 0.6) is 0 Å². The number of nitrogens with two attached hydrogens (primary N) is 1. The fraction of sp³-hybridized carbons (Fsp3) is 0.571. The van der Waals surface area contributed by atoms with E-state index in [2.05, 4.69) is 5.32 Å². The summed E-state index contributed by atoms with van der Waals surface area (Å²) < 4.78 is 40.0. The van der Waals surface area contributed by atoms with Crippen LogP contribution >= 0.6 is 0 Å². The third-order valence-corrected chi connectivity index (χ3v) is 3.96. The van der Waals surface area contributed by atoms with Crippen LogP contribution < -0.4 is 11.1 Å². The van der Waals surface area contributed by atoms with Gasteiger partial charge in [-0.15, -0.1) is 0 Å². The Balaban J connectivity index is 2.18. The van der Waals surface area contributed by atoms with Crippen molar-refractivity contribution in [1.29, 1.82) is 0 Å². The lowest BCUT2D eigenvalue weighted by molar-refractivity contribution is 0.199. The maximum atomic E-state index is 13.8. The second-order valence-electron chi connectivity index (χ2n) is 5.22. The average Bonchev–Trinajstić information content (AvgIpc) is 2.87. The van der Waals surface area contributed by atoms with Crippen molar-refractivity contribution in [2.75, 3.05) is 13.2 Å². The van der Waals surface area contributed by atoms with Gasteiger partial charge in [-0.25, -0.2) is 13.2 Å². The molecule has 112 valence electrons. The number of nitrogens with one attached hydrogen (secondary N) is 1. The molecule has 3 unspecified atom stereocenters. The fourth-order valence-electron chi connectivity index (χ4n) is 2.82. The molecule has 4 N–H and O–H groups in total. The Morgan fingerprint density at radius 2 is 1.90 bits per heavy atom. The first kappa shape index (κ1) is 15.3. The number of rotatable bonds is 5. The van der Waals surface area contributed by atoms with Gasteiger partial charge in [0.1, 0.15) is 5.82 Å². The van der Waals surface area contributed by atoms with E-state index in [1.165, 1.54) is 0 Å². The summed E-state index contributed by atoms with van der Waals surface area (Å²) in [5.74, 6) is -3.02. The third kappa shape index (κ3) is 3.13. The highest BCUT2D eigenvalue weighted by molar-refractivity contribution is 5.24. The molecule has 1 saturated carbocycles. The van der Waals surface area contributed by atoms with Crippen LogP contribution in [0.15, 0.2) is 12.1 Å². The molecule has 1 aliphatic rings. The smallest absolute Gasteiger partial charge is 0.161 e. The molecule has 6 heteroatoms. The second-order valence-corrected chi connectivity index (χ2v) is 5.22.